The summed E-state index contributed by atoms with van der Waals surface area (Å²) < 4.78 is 91.7. The van der Waals surface area contributed by atoms with Crippen molar-refractivity contribution in [3.05, 3.63) is 29.3 Å². The molecule has 0 aliphatic carbocycles. The maximum atomic E-state index is 13.0. The van der Waals surface area contributed by atoms with Gasteiger partial charge in [-0.15, -0.1) is 0 Å². The summed E-state index contributed by atoms with van der Waals surface area (Å²) in [6, 6.07) is 1.39. The summed E-state index contributed by atoms with van der Waals surface area (Å²) in [6.07, 6.45) is -4.94. The van der Waals surface area contributed by atoms with Crippen molar-refractivity contribution in [1.29, 1.82) is 0 Å². The van der Waals surface area contributed by atoms with Crippen molar-refractivity contribution in [3.63, 3.8) is 0 Å². The zero-order valence-corrected chi connectivity index (χ0v) is 18.4. The number of hydrogen-bond acceptors (Lipinski definition) is 7. The van der Waals surface area contributed by atoms with E-state index in [2.05, 4.69) is 0 Å². The molecule has 1 rings (SSSR count). The highest BCUT2D eigenvalue weighted by molar-refractivity contribution is 7.86. The van der Waals surface area contributed by atoms with E-state index in [-0.39, 0.29) is 12.7 Å². The topological polar surface area (TPSA) is 96.0 Å². The summed E-state index contributed by atoms with van der Waals surface area (Å²) in [7, 11) is -4.92. The first-order chi connectivity index (χ1) is 14.0. The molecule has 1 aromatic carbocycles. The monoisotopic (exact) mass is 472 g/mol. The molecule has 0 bridgehead atoms. The Morgan fingerprint density at radius 3 is 2.03 bits per heavy atom. The second-order valence-electron chi connectivity index (χ2n) is 7.77. The van der Waals surface area contributed by atoms with Gasteiger partial charge in [0.1, 0.15) is 12.3 Å². The highest BCUT2D eigenvalue weighted by Gasteiger charge is 2.47. The number of carbonyl (C=O) groups excluding carboxylic acids is 2. The van der Waals surface area contributed by atoms with E-state index >= 15 is 0 Å². The van der Waals surface area contributed by atoms with E-state index in [0.29, 0.717) is 12.1 Å². The molecular weight excluding hydrogens is 448 g/mol. The minimum absolute atomic E-state index is 0.141. The summed E-state index contributed by atoms with van der Waals surface area (Å²) in [5, 5.41) is 0. The van der Waals surface area contributed by atoms with Gasteiger partial charge in [-0.2, -0.15) is 21.6 Å². The first-order valence-electron chi connectivity index (χ1n) is 9.03. The average Bonchev–Trinajstić information content (AvgIpc) is 2.63. The number of benzene rings is 1. The molecule has 0 saturated carbocycles. The first kappa shape index (κ1) is 26.8. The third-order valence-corrected chi connectivity index (χ3v) is 5.06. The van der Waals surface area contributed by atoms with Gasteiger partial charge in [-0.1, -0.05) is 0 Å². The molecule has 0 fully saturated rings. The normalized spacial score (nSPS) is 14.6. The SMILES string of the molecule is CCOC(=O)C(C)(COS(=O)(=O)c1cc(CF)cc(C(F)(F)F)c1)C(=O)OC(C)(C)C. The summed E-state index contributed by atoms with van der Waals surface area (Å²) in [5.41, 5.74) is -5.22. The maximum absolute atomic E-state index is 13.0. The predicted molar refractivity (Wildman–Crippen MR) is 100.0 cm³/mol. The van der Waals surface area contributed by atoms with Gasteiger partial charge in [0.05, 0.1) is 23.7 Å². The second kappa shape index (κ2) is 9.51. The van der Waals surface area contributed by atoms with Crippen LogP contribution in [0, 0.1) is 5.41 Å². The van der Waals surface area contributed by atoms with Crippen LogP contribution in [0.25, 0.3) is 0 Å². The molecule has 0 amide bonds. The number of carbonyl (C=O) groups is 2. The van der Waals surface area contributed by atoms with Gasteiger partial charge in [0.25, 0.3) is 10.1 Å². The smallest absolute Gasteiger partial charge is 0.416 e. The van der Waals surface area contributed by atoms with Crippen LogP contribution in [-0.2, 0) is 46.2 Å². The van der Waals surface area contributed by atoms with Crippen molar-refractivity contribution in [2.75, 3.05) is 13.2 Å². The lowest BCUT2D eigenvalue weighted by Gasteiger charge is -2.29. The van der Waals surface area contributed by atoms with E-state index in [1.807, 2.05) is 0 Å². The quantitative estimate of drug-likeness (QED) is 0.246. The van der Waals surface area contributed by atoms with Gasteiger partial charge in [-0.05, 0) is 58.4 Å². The average molecular weight is 472 g/mol. The lowest BCUT2D eigenvalue weighted by molar-refractivity contribution is -0.180. The molecule has 0 heterocycles. The van der Waals surface area contributed by atoms with E-state index < -0.39 is 68.6 Å². The van der Waals surface area contributed by atoms with E-state index in [4.69, 9.17) is 13.7 Å². The van der Waals surface area contributed by atoms with Gasteiger partial charge < -0.3 is 9.47 Å². The third-order valence-electron chi connectivity index (χ3n) is 3.81. The molecule has 31 heavy (non-hydrogen) atoms. The zero-order chi connectivity index (χ0) is 24.3. The van der Waals surface area contributed by atoms with Crippen LogP contribution in [-0.4, -0.2) is 39.2 Å². The Kier molecular flexibility index (Phi) is 8.23. The number of hydrogen-bond donors (Lipinski definition) is 0. The molecule has 0 N–H and O–H groups in total. The molecule has 7 nitrogen and oxygen atoms in total. The van der Waals surface area contributed by atoms with Crippen LogP contribution in [0.15, 0.2) is 23.1 Å². The Morgan fingerprint density at radius 1 is 1.00 bits per heavy atom. The first-order valence-corrected chi connectivity index (χ1v) is 10.4. The van der Waals surface area contributed by atoms with Crippen LogP contribution in [0.4, 0.5) is 17.6 Å². The van der Waals surface area contributed by atoms with Crippen LogP contribution in [0.2, 0.25) is 0 Å². The molecular formula is C19H24F4O7S. The standard InChI is InChI=1S/C19H24F4O7S/c1-6-28-15(24)18(5,16(25)30-17(2,3)4)11-29-31(26,27)14-8-12(10-20)7-13(9-14)19(21,22)23/h7-9H,6,10-11H2,1-5H3. The van der Waals surface area contributed by atoms with Crippen molar-refractivity contribution in [1.82, 2.24) is 0 Å². The van der Waals surface area contributed by atoms with Gasteiger partial charge in [-0.3, -0.25) is 13.8 Å². The molecule has 12 heteroatoms. The van der Waals surface area contributed by atoms with Crippen LogP contribution < -0.4 is 0 Å². The van der Waals surface area contributed by atoms with Crippen LogP contribution in [0.1, 0.15) is 45.7 Å². The Morgan fingerprint density at radius 2 is 1.58 bits per heavy atom. The van der Waals surface area contributed by atoms with E-state index in [1.54, 1.807) is 0 Å². The Bertz CT molecular complexity index is 920. The fraction of sp³-hybridized carbons (Fsp3) is 0.579. The van der Waals surface area contributed by atoms with Gasteiger partial charge >= 0.3 is 18.1 Å². The number of esters is 2. The maximum Gasteiger partial charge on any atom is 0.416 e. The van der Waals surface area contributed by atoms with Gasteiger partial charge in [0.15, 0.2) is 5.41 Å². The van der Waals surface area contributed by atoms with E-state index in [0.717, 1.165) is 6.92 Å². The van der Waals surface area contributed by atoms with Crippen molar-refractivity contribution in [3.8, 4) is 0 Å². The minimum atomic E-state index is -4.94. The lowest BCUT2D eigenvalue weighted by Crippen LogP contribution is -2.46. The molecule has 0 aliphatic rings. The number of halogens is 4. The molecule has 1 aromatic rings. The van der Waals surface area contributed by atoms with Crippen LogP contribution >= 0.6 is 0 Å². The molecule has 1 atom stereocenters. The summed E-state index contributed by atoms with van der Waals surface area (Å²) in [6.45, 7) is 4.39. The third kappa shape index (κ3) is 7.17. The lowest BCUT2D eigenvalue weighted by atomic mass is 9.92. The summed E-state index contributed by atoms with van der Waals surface area (Å²) >= 11 is 0. The van der Waals surface area contributed by atoms with Crippen molar-refractivity contribution in [2.24, 2.45) is 5.41 Å². The van der Waals surface area contributed by atoms with Crippen molar-refractivity contribution >= 4 is 22.1 Å². The Hall–Kier alpha value is -2.21. The molecule has 0 saturated heterocycles. The minimum Gasteiger partial charge on any atom is -0.465 e. The van der Waals surface area contributed by atoms with E-state index in [1.165, 1.54) is 27.7 Å². The van der Waals surface area contributed by atoms with Gasteiger partial charge in [0, 0.05) is 0 Å². The summed E-state index contributed by atoms with van der Waals surface area (Å²) in [4.78, 5) is 23.9. The molecule has 176 valence electrons. The Labute approximate surface area is 177 Å². The molecule has 0 spiro atoms. The number of ether oxygens (including phenoxy) is 2. The largest absolute Gasteiger partial charge is 0.465 e. The zero-order valence-electron chi connectivity index (χ0n) is 17.6. The number of alkyl halides is 4. The molecule has 0 aliphatic heterocycles. The fourth-order valence-electron chi connectivity index (χ4n) is 2.19. The molecule has 0 radical (unpaired) electrons. The van der Waals surface area contributed by atoms with Gasteiger partial charge in [0.2, 0.25) is 0 Å². The van der Waals surface area contributed by atoms with Crippen molar-refractivity contribution in [2.45, 2.75) is 58.0 Å². The van der Waals surface area contributed by atoms with Gasteiger partial charge in [-0.25, -0.2) is 4.39 Å². The predicted octanol–water partition coefficient (Wildman–Crippen LogP) is 3.79. The van der Waals surface area contributed by atoms with Crippen molar-refractivity contribution < 1.29 is 49.2 Å². The Balaban J connectivity index is 3.31. The highest BCUT2D eigenvalue weighted by atomic mass is 32.2. The molecule has 1 unspecified atom stereocenters. The molecule has 0 aromatic heterocycles. The summed E-state index contributed by atoms with van der Waals surface area (Å²) in [5.74, 6) is -2.30. The number of rotatable bonds is 8. The fourth-order valence-corrected chi connectivity index (χ4v) is 3.29. The van der Waals surface area contributed by atoms with Crippen LogP contribution in [0.3, 0.4) is 0 Å². The highest BCUT2D eigenvalue weighted by Crippen LogP contribution is 2.33. The van der Waals surface area contributed by atoms with Crippen LogP contribution in [0.5, 0.6) is 0 Å². The van der Waals surface area contributed by atoms with E-state index in [9.17, 15) is 35.6 Å². The second-order valence-corrected chi connectivity index (χ2v) is 9.38.